The molecule has 0 aliphatic heterocycles. The van der Waals surface area contributed by atoms with Crippen molar-refractivity contribution in [2.45, 2.75) is 158 Å². The van der Waals surface area contributed by atoms with Crippen molar-refractivity contribution < 1.29 is 131 Å². The lowest BCUT2D eigenvalue weighted by Gasteiger charge is -2.30. The molecule has 0 fully saturated rings. The first-order valence-electron chi connectivity index (χ1n) is 35.4. The van der Waals surface area contributed by atoms with Crippen LogP contribution in [-0.4, -0.2) is 249 Å². The number of carboxylic acid groups (broad SMARTS) is 3. The predicted molar refractivity (Wildman–Crippen MR) is 398 cm³/mol. The molecule has 4 rings (SSSR count). The molecule has 628 valence electrons. The number of ether oxygens (including phenoxy) is 2. The Labute approximate surface area is 658 Å². The van der Waals surface area contributed by atoms with Gasteiger partial charge >= 0.3 is 29.8 Å². The van der Waals surface area contributed by atoms with Crippen LogP contribution in [0.15, 0.2) is 79.0 Å². The number of aliphatic carboxylic acids is 3. The molecule has 13 atom stereocenters. The molecule has 116 heavy (non-hydrogen) atoms. The molecule has 0 bridgehead atoms. The number of fused-ring (bicyclic) bond motifs is 1. The van der Waals surface area contributed by atoms with E-state index in [4.69, 9.17) is 38.1 Å². The lowest BCUT2D eigenvalue weighted by Crippen LogP contribution is -2.62. The molecule has 0 aliphatic carbocycles. The van der Waals surface area contributed by atoms with Crippen molar-refractivity contribution in [3.63, 3.8) is 0 Å². The van der Waals surface area contributed by atoms with E-state index in [1.807, 2.05) is 0 Å². The van der Waals surface area contributed by atoms with Gasteiger partial charge in [-0.1, -0.05) is 49.4 Å². The van der Waals surface area contributed by atoms with E-state index >= 15 is 0 Å². The van der Waals surface area contributed by atoms with Crippen LogP contribution < -0.4 is 97.2 Å². The molecule has 4 aromatic rings. The van der Waals surface area contributed by atoms with Gasteiger partial charge in [-0.25, -0.2) is 9.59 Å². The van der Waals surface area contributed by atoms with Gasteiger partial charge in [-0.2, -0.15) is 0 Å². The smallest absolute Gasteiger partial charge is 0.330 e. The standard InChI is InChI=1S/C71H92N18O27/c1-32(20-55(97)98)59(88-62(105)41(74)31-91)70(113)87-49(22-50(93)39-14-6-8-15-40(39)73)71(114)115-34(3)60(89-68(111)46(24-53(76)95)85-67(110)45(23-52(75)94)84-66(109)44(81-35(4)92)21-37-27-77-42-16-9-7-13-38(37)42)69(112)78-28-54(96)82-43(17-11-19-72)64(107)86-48(26-57(101)102)65(108)80-33(2)61(104)83-47(25-56(99)100)63(106)79-29-58(103)116-51-18-10-5-12-36(51)30-90/h5-10,12-16,18,27,30,32-34,41,43-49,59-60,77,91H,11,17,19-26,28-29,31,72-74H2,1-4H3,(H2,75,94)(H2,76,95)(H,78,112)(H,79,106)(H,80,108)(H,81,92)(H,82,96)(H,83,104)(H,84,109)(H,85,110)(H,86,107)(H,87,113)(H,88,105)(H,89,111)(H,97,98)(H,99,100)(H,101,102)/t32-,33-,34-,41-,43+,44+,45-,46+,47+,48+,49+,59+,60+/m1/s1. The minimum Gasteiger partial charge on any atom is -0.481 e. The van der Waals surface area contributed by atoms with Crippen LogP contribution in [0.4, 0.5) is 5.69 Å². The van der Waals surface area contributed by atoms with Crippen molar-refractivity contribution in [3.05, 3.63) is 95.7 Å². The van der Waals surface area contributed by atoms with Crippen LogP contribution in [-0.2, 0) is 102 Å². The average molecular weight is 1630 g/mol. The summed E-state index contributed by atoms with van der Waals surface area (Å²) in [4.78, 5) is 282. The number of carbonyl (C=O) groups excluding carboxylic acids is 18. The van der Waals surface area contributed by atoms with Crippen LogP contribution in [0.25, 0.3) is 10.9 Å². The van der Waals surface area contributed by atoms with Crippen molar-refractivity contribution in [1.29, 1.82) is 0 Å². The largest absolute Gasteiger partial charge is 0.481 e. The fourth-order valence-corrected chi connectivity index (χ4v) is 11.0. The first-order valence-corrected chi connectivity index (χ1v) is 35.4. The summed E-state index contributed by atoms with van der Waals surface area (Å²) >= 11 is 0. The van der Waals surface area contributed by atoms with E-state index in [9.17, 15) is 121 Å². The number of nitrogens with one attached hydrogen (secondary N) is 13. The molecule has 0 radical (unpaired) electrons. The third-order valence-corrected chi connectivity index (χ3v) is 16.9. The maximum Gasteiger partial charge on any atom is 0.330 e. The Morgan fingerprint density at radius 1 is 0.517 bits per heavy atom. The molecule has 14 amide bonds. The Morgan fingerprint density at radius 3 is 1.60 bits per heavy atom. The molecule has 45 nitrogen and oxygen atoms in total. The van der Waals surface area contributed by atoms with E-state index in [0.29, 0.717) is 22.8 Å². The van der Waals surface area contributed by atoms with Crippen LogP contribution in [0.3, 0.4) is 0 Å². The monoisotopic (exact) mass is 1630 g/mol. The number of amides is 14. The van der Waals surface area contributed by atoms with Gasteiger partial charge in [0.1, 0.15) is 84.9 Å². The summed E-state index contributed by atoms with van der Waals surface area (Å²) in [7, 11) is 0. The quantitative estimate of drug-likeness (QED) is 0.00642. The molecule has 1 heterocycles. The van der Waals surface area contributed by atoms with E-state index in [1.165, 1.54) is 55.5 Å². The second-order valence-corrected chi connectivity index (χ2v) is 26.2. The molecule has 0 spiro atoms. The number of nitrogens with two attached hydrogens (primary N) is 5. The third-order valence-electron chi connectivity index (χ3n) is 16.9. The van der Waals surface area contributed by atoms with E-state index in [2.05, 4.69) is 68.8 Å². The molecule has 0 unspecified atom stereocenters. The maximum absolute atomic E-state index is 14.7. The Balaban J connectivity index is 1.70. The van der Waals surface area contributed by atoms with Gasteiger partial charge in [0.25, 0.3) is 0 Å². The number of nitrogen functional groups attached to an aromatic ring is 1. The number of benzene rings is 3. The number of aldehydes is 1. The number of aliphatic hydroxyl groups is 1. The number of Topliss-reactive ketones (excluding diaryl/α,β-unsaturated/α-hetero) is 1. The Bertz CT molecular complexity index is 4340. The molecule has 3 aromatic carbocycles. The Hall–Kier alpha value is -13.9. The summed E-state index contributed by atoms with van der Waals surface area (Å²) in [6, 6.07) is -4.06. The number of hydrogen-bond donors (Lipinski definition) is 22. The van der Waals surface area contributed by atoms with Gasteiger partial charge in [0, 0.05) is 48.1 Å². The van der Waals surface area contributed by atoms with Gasteiger partial charge in [0.05, 0.1) is 50.8 Å². The number of primary amides is 2. The number of hydrogen-bond acceptors (Lipinski definition) is 27. The number of para-hydroxylation sites is 3. The highest BCUT2D eigenvalue weighted by Gasteiger charge is 2.41. The molecular formula is C71H92N18O27. The summed E-state index contributed by atoms with van der Waals surface area (Å²) in [6.07, 6.45) is -7.46. The van der Waals surface area contributed by atoms with Gasteiger partial charge in [0.15, 0.2) is 12.1 Å². The predicted octanol–water partition coefficient (Wildman–Crippen LogP) is -8.09. The number of carbonyl (C=O) groups is 21. The second-order valence-electron chi connectivity index (χ2n) is 26.2. The normalized spacial score (nSPS) is 14.2. The summed E-state index contributed by atoms with van der Waals surface area (Å²) in [5.41, 5.74) is 29.2. The Kier molecular flexibility index (Phi) is 37.7. The molecule has 1 aromatic heterocycles. The fraction of sp³-hybridized carbons (Fsp3) is 0.423. The summed E-state index contributed by atoms with van der Waals surface area (Å²) in [5.74, 6) is -28.3. The van der Waals surface area contributed by atoms with Crippen LogP contribution >= 0.6 is 0 Å². The van der Waals surface area contributed by atoms with Crippen molar-refractivity contribution >= 4 is 141 Å². The number of esters is 2. The van der Waals surface area contributed by atoms with Crippen LogP contribution in [0.2, 0.25) is 0 Å². The summed E-state index contributed by atoms with van der Waals surface area (Å²) < 4.78 is 10.7. The van der Waals surface area contributed by atoms with E-state index in [0.717, 1.165) is 20.8 Å². The number of aliphatic hydroxyl groups excluding tert-OH is 1. The lowest BCUT2D eigenvalue weighted by molar-refractivity contribution is -0.156. The van der Waals surface area contributed by atoms with Gasteiger partial charge in [0.2, 0.25) is 82.7 Å². The van der Waals surface area contributed by atoms with Crippen LogP contribution in [0, 0.1) is 5.92 Å². The second kappa shape index (κ2) is 46.2. The SMILES string of the molecule is CC(=O)N[C@@H](Cc1c[nH]c2ccccc12)C(=O)N[C@H](CC(N)=O)C(=O)N[C@@H](CC(N)=O)C(=O)N[C@H](C(=O)NCC(=O)N[C@@H](CCCN)C(=O)N[C@@H](CC(=O)O)C(=O)N[C@H](C)C(=O)N[C@@H](CC(=O)O)C(=O)NCC(=O)Oc1ccccc1C=O)[C@@H](C)OC(=O)[C@H](CC(=O)c1ccccc1N)NC(=O)[C@@H](NC(=O)[C@H](N)CO)[C@H](C)CC(=O)O. The number of aromatic nitrogens is 1. The lowest BCUT2D eigenvalue weighted by atomic mass is 9.96. The van der Waals surface area contributed by atoms with Crippen LogP contribution in [0.1, 0.15) is 105 Å². The first kappa shape index (κ1) is 94.5. The number of rotatable bonds is 49. The highest BCUT2D eigenvalue weighted by Crippen LogP contribution is 2.22. The number of anilines is 1. The molecule has 0 saturated carbocycles. The van der Waals surface area contributed by atoms with Crippen molar-refractivity contribution in [1.82, 2.24) is 68.8 Å². The van der Waals surface area contributed by atoms with Gasteiger partial charge in [-0.15, -0.1) is 0 Å². The zero-order valence-electron chi connectivity index (χ0n) is 62.8. The molecule has 0 saturated heterocycles. The minimum atomic E-state index is -2.41. The number of H-pyrrole nitrogens is 1. The van der Waals surface area contributed by atoms with E-state index < -0.39 is 261 Å². The highest BCUT2D eigenvalue weighted by atomic mass is 16.5. The first-order chi connectivity index (χ1) is 54.7. The van der Waals surface area contributed by atoms with Gasteiger partial charge in [-0.05, 0) is 75.0 Å². The van der Waals surface area contributed by atoms with E-state index in [-0.39, 0.29) is 42.0 Å². The fourth-order valence-electron chi connectivity index (χ4n) is 11.0. The van der Waals surface area contributed by atoms with Crippen molar-refractivity contribution in [2.24, 2.45) is 28.9 Å². The number of ketones is 1. The van der Waals surface area contributed by atoms with Gasteiger partial charge in [-0.3, -0.25) is 91.1 Å². The van der Waals surface area contributed by atoms with Gasteiger partial charge < -0.3 is 127 Å². The zero-order chi connectivity index (χ0) is 86.8. The number of carboxylic acids is 3. The minimum absolute atomic E-state index is 0.0364. The molecule has 27 N–H and O–H groups in total. The Morgan fingerprint density at radius 2 is 1.03 bits per heavy atom. The summed E-state index contributed by atoms with van der Waals surface area (Å²) in [6.45, 7) is 0.789. The van der Waals surface area contributed by atoms with Crippen molar-refractivity contribution in [3.8, 4) is 5.75 Å². The molecule has 45 heteroatoms. The molecular weight excluding hydrogens is 1540 g/mol. The third kappa shape index (κ3) is 31.0. The summed E-state index contributed by atoms with van der Waals surface area (Å²) in [5, 5.41) is 65.2. The highest BCUT2D eigenvalue weighted by molar-refractivity contribution is 6.05. The maximum atomic E-state index is 14.7. The molecule has 0 aliphatic rings. The van der Waals surface area contributed by atoms with E-state index in [1.54, 1.807) is 30.5 Å². The van der Waals surface area contributed by atoms with Crippen molar-refractivity contribution in [2.75, 3.05) is 32.0 Å². The zero-order valence-corrected chi connectivity index (χ0v) is 62.8. The number of aromatic amines is 1. The van der Waals surface area contributed by atoms with Crippen LogP contribution in [0.5, 0.6) is 5.75 Å². The topological polar surface area (TPSA) is 748 Å². The average Bonchev–Trinajstić information content (AvgIpc) is 1.63.